The van der Waals surface area contributed by atoms with Crippen molar-refractivity contribution >= 4 is 35.1 Å². The minimum absolute atomic E-state index is 0.189. The molecule has 0 fully saturated rings. The number of aryl methyl sites for hydroxylation is 2. The molecule has 0 saturated heterocycles. The molecular weight excluding hydrogens is 386 g/mol. The highest BCUT2D eigenvalue weighted by Crippen LogP contribution is 2.19. The van der Waals surface area contributed by atoms with Gasteiger partial charge in [0.15, 0.2) is 6.10 Å². The number of benzene rings is 2. The Labute approximate surface area is 175 Å². The molecule has 30 heavy (non-hydrogen) atoms. The van der Waals surface area contributed by atoms with Gasteiger partial charge in [0, 0.05) is 18.3 Å². The number of nitrogens with one attached hydrogen (secondary N) is 3. The van der Waals surface area contributed by atoms with Crippen molar-refractivity contribution in [2.75, 3.05) is 17.2 Å². The second-order valence-corrected chi connectivity index (χ2v) is 6.84. The fraction of sp³-hybridized carbons (Fsp3) is 0.273. The highest BCUT2D eigenvalue weighted by Gasteiger charge is 2.20. The number of ether oxygens (including phenoxy) is 1. The molecule has 1 unspecified atom stereocenters. The molecule has 0 aliphatic carbocycles. The molecule has 2 aromatic carbocycles. The fourth-order valence-electron chi connectivity index (χ4n) is 2.72. The Bertz CT molecular complexity index is 951. The molecule has 0 saturated carbocycles. The number of anilines is 2. The Morgan fingerprint density at radius 1 is 0.967 bits per heavy atom. The number of carbonyl (C=O) groups is 4. The van der Waals surface area contributed by atoms with Crippen LogP contribution < -0.4 is 16.0 Å². The van der Waals surface area contributed by atoms with E-state index >= 15 is 0 Å². The molecule has 8 nitrogen and oxygen atoms in total. The maximum Gasteiger partial charge on any atom is 0.338 e. The van der Waals surface area contributed by atoms with Crippen LogP contribution in [0.3, 0.4) is 0 Å². The molecule has 0 spiro atoms. The smallest absolute Gasteiger partial charge is 0.338 e. The lowest BCUT2D eigenvalue weighted by atomic mass is 10.1. The van der Waals surface area contributed by atoms with Crippen LogP contribution in [-0.4, -0.2) is 36.3 Å². The molecule has 2 rings (SSSR count). The molecule has 0 aliphatic heterocycles. The van der Waals surface area contributed by atoms with E-state index in [2.05, 4.69) is 16.0 Å². The first kappa shape index (κ1) is 22.6. The van der Waals surface area contributed by atoms with Gasteiger partial charge in [0.2, 0.25) is 11.8 Å². The summed E-state index contributed by atoms with van der Waals surface area (Å²) in [6.07, 6.45) is -1.10. The van der Waals surface area contributed by atoms with Crippen molar-refractivity contribution in [3.63, 3.8) is 0 Å². The summed E-state index contributed by atoms with van der Waals surface area (Å²) in [4.78, 5) is 47.7. The summed E-state index contributed by atoms with van der Waals surface area (Å²) < 4.78 is 5.15. The maximum atomic E-state index is 12.3. The van der Waals surface area contributed by atoms with Crippen LogP contribution in [0.5, 0.6) is 0 Å². The number of hydrogen-bond donors (Lipinski definition) is 3. The van der Waals surface area contributed by atoms with Crippen LogP contribution in [0.15, 0.2) is 42.5 Å². The fourth-order valence-corrected chi connectivity index (χ4v) is 2.72. The van der Waals surface area contributed by atoms with Crippen molar-refractivity contribution in [3.05, 3.63) is 59.2 Å². The van der Waals surface area contributed by atoms with Crippen LogP contribution in [0, 0.1) is 13.8 Å². The summed E-state index contributed by atoms with van der Waals surface area (Å²) in [7, 11) is 0. The Balaban J connectivity index is 1.88. The summed E-state index contributed by atoms with van der Waals surface area (Å²) in [5, 5.41) is 7.78. The van der Waals surface area contributed by atoms with Gasteiger partial charge in [0.1, 0.15) is 0 Å². The minimum Gasteiger partial charge on any atom is -0.449 e. The van der Waals surface area contributed by atoms with E-state index in [0.29, 0.717) is 11.4 Å². The van der Waals surface area contributed by atoms with Gasteiger partial charge in [-0.3, -0.25) is 14.4 Å². The number of rotatable bonds is 7. The highest BCUT2D eigenvalue weighted by molar-refractivity contribution is 5.97. The van der Waals surface area contributed by atoms with Gasteiger partial charge >= 0.3 is 5.97 Å². The van der Waals surface area contributed by atoms with Gasteiger partial charge in [-0.2, -0.15) is 0 Å². The molecule has 0 bridgehead atoms. The lowest BCUT2D eigenvalue weighted by Gasteiger charge is -2.15. The van der Waals surface area contributed by atoms with Crippen LogP contribution in [-0.2, 0) is 19.1 Å². The van der Waals surface area contributed by atoms with Gasteiger partial charge in [-0.15, -0.1) is 0 Å². The molecule has 1 atom stereocenters. The zero-order valence-electron chi connectivity index (χ0n) is 17.4. The molecule has 3 N–H and O–H groups in total. The predicted molar refractivity (Wildman–Crippen MR) is 113 cm³/mol. The van der Waals surface area contributed by atoms with E-state index in [0.717, 1.165) is 11.1 Å². The van der Waals surface area contributed by atoms with Crippen molar-refractivity contribution in [3.8, 4) is 0 Å². The summed E-state index contributed by atoms with van der Waals surface area (Å²) >= 11 is 0. The quantitative estimate of drug-likeness (QED) is 0.606. The molecule has 0 aromatic heterocycles. The normalized spacial score (nSPS) is 11.2. The first-order valence-electron chi connectivity index (χ1n) is 9.39. The summed E-state index contributed by atoms with van der Waals surface area (Å²) in [5.41, 5.74) is 3.16. The summed E-state index contributed by atoms with van der Waals surface area (Å²) in [5.74, 6) is -1.97. The topological polar surface area (TPSA) is 114 Å². The summed E-state index contributed by atoms with van der Waals surface area (Å²) in [6.45, 7) is 6.27. The van der Waals surface area contributed by atoms with E-state index in [1.165, 1.54) is 26.0 Å². The van der Waals surface area contributed by atoms with Crippen LogP contribution in [0.2, 0.25) is 0 Å². The van der Waals surface area contributed by atoms with E-state index < -0.39 is 18.0 Å². The molecule has 2 aromatic rings. The monoisotopic (exact) mass is 411 g/mol. The number of para-hydroxylation sites is 1. The largest absolute Gasteiger partial charge is 0.449 e. The molecule has 158 valence electrons. The predicted octanol–water partition coefficient (Wildman–Crippen LogP) is 2.56. The molecule has 0 radical (unpaired) electrons. The lowest BCUT2D eigenvalue weighted by molar-refractivity contribution is -0.130. The third-order valence-corrected chi connectivity index (χ3v) is 4.24. The standard InChI is InChI=1S/C22H25N3O5/c1-13-7-5-8-14(2)20(13)25-19(27)12-23-21(28)15(3)30-22(29)17-9-6-10-18(11-17)24-16(4)26/h5-11,15H,12H2,1-4H3,(H,23,28)(H,24,26)(H,25,27). The van der Waals surface area contributed by atoms with Crippen molar-refractivity contribution in [1.82, 2.24) is 5.32 Å². The van der Waals surface area contributed by atoms with Crippen molar-refractivity contribution < 1.29 is 23.9 Å². The van der Waals surface area contributed by atoms with Gasteiger partial charge in [-0.25, -0.2) is 4.79 Å². The van der Waals surface area contributed by atoms with Gasteiger partial charge in [0.25, 0.3) is 5.91 Å². The number of amides is 3. The van der Waals surface area contributed by atoms with Gasteiger partial charge in [-0.05, 0) is 50.1 Å². The third kappa shape index (κ3) is 6.44. The first-order chi connectivity index (χ1) is 14.2. The van der Waals surface area contributed by atoms with Gasteiger partial charge in [-0.1, -0.05) is 24.3 Å². The van der Waals surface area contributed by atoms with E-state index in [1.54, 1.807) is 12.1 Å². The van der Waals surface area contributed by atoms with E-state index in [4.69, 9.17) is 4.74 Å². The first-order valence-corrected chi connectivity index (χ1v) is 9.39. The van der Waals surface area contributed by atoms with Gasteiger partial charge in [0.05, 0.1) is 12.1 Å². The van der Waals surface area contributed by atoms with Crippen LogP contribution in [0.1, 0.15) is 35.3 Å². The SMILES string of the molecule is CC(=O)Nc1cccc(C(=O)OC(C)C(=O)NCC(=O)Nc2c(C)cccc2C)c1. The van der Waals surface area contributed by atoms with Crippen LogP contribution in [0.25, 0.3) is 0 Å². The molecular formula is C22H25N3O5. The number of carbonyl (C=O) groups excluding carboxylic acids is 4. The van der Waals surface area contributed by atoms with Crippen LogP contribution >= 0.6 is 0 Å². The molecule has 8 heteroatoms. The maximum absolute atomic E-state index is 12.3. The molecule has 3 amide bonds. The molecule has 0 aliphatic rings. The Kier molecular flexibility index (Phi) is 7.69. The van der Waals surface area contributed by atoms with E-state index in [-0.39, 0.29) is 23.9 Å². The zero-order chi connectivity index (χ0) is 22.3. The summed E-state index contributed by atoms with van der Waals surface area (Å²) in [6, 6.07) is 11.8. The Morgan fingerprint density at radius 3 is 2.23 bits per heavy atom. The Hall–Kier alpha value is -3.68. The van der Waals surface area contributed by atoms with Crippen molar-refractivity contribution in [2.24, 2.45) is 0 Å². The Morgan fingerprint density at radius 2 is 1.60 bits per heavy atom. The van der Waals surface area contributed by atoms with E-state index in [1.807, 2.05) is 32.0 Å². The molecule has 0 heterocycles. The van der Waals surface area contributed by atoms with Crippen LogP contribution in [0.4, 0.5) is 11.4 Å². The zero-order valence-corrected chi connectivity index (χ0v) is 17.4. The second kappa shape index (κ2) is 10.2. The highest BCUT2D eigenvalue weighted by atomic mass is 16.5. The third-order valence-electron chi connectivity index (χ3n) is 4.24. The lowest BCUT2D eigenvalue weighted by Crippen LogP contribution is -2.40. The number of esters is 1. The van der Waals surface area contributed by atoms with E-state index in [9.17, 15) is 19.2 Å². The average Bonchev–Trinajstić information content (AvgIpc) is 2.68. The number of hydrogen-bond acceptors (Lipinski definition) is 5. The minimum atomic E-state index is -1.10. The second-order valence-electron chi connectivity index (χ2n) is 6.84. The van der Waals surface area contributed by atoms with Gasteiger partial charge < -0.3 is 20.7 Å². The average molecular weight is 411 g/mol. The van der Waals surface area contributed by atoms with Crippen molar-refractivity contribution in [1.29, 1.82) is 0 Å². The van der Waals surface area contributed by atoms with Crippen molar-refractivity contribution in [2.45, 2.75) is 33.8 Å².